The predicted molar refractivity (Wildman–Crippen MR) is 77.6 cm³/mol. The Morgan fingerprint density at radius 1 is 0.789 bits per heavy atom. The molecule has 0 aromatic rings. The topological polar surface area (TPSA) is 43.4 Å². The minimum Gasteiger partial charge on any atom is -0.393 e. The summed E-state index contributed by atoms with van der Waals surface area (Å²) >= 11 is 0. The van der Waals surface area contributed by atoms with Gasteiger partial charge < -0.3 is 4.74 Å². The number of rotatable bonds is 8. The zero-order chi connectivity index (χ0) is 15.0. The highest BCUT2D eigenvalue weighted by Crippen LogP contribution is 2.20. The Kier molecular flexibility index (Phi) is 8.70. The van der Waals surface area contributed by atoms with Gasteiger partial charge in [-0.25, -0.2) is 0 Å². The normalized spacial score (nSPS) is 14.5. The van der Waals surface area contributed by atoms with E-state index in [1.807, 2.05) is 13.8 Å². The van der Waals surface area contributed by atoms with Crippen molar-refractivity contribution in [2.24, 2.45) is 23.7 Å². The van der Waals surface area contributed by atoms with Gasteiger partial charge in [-0.3, -0.25) is 9.59 Å². The quantitative estimate of drug-likeness (QED) is 0.490. The van der Waals surface area contributed by atoms with E-state index < -0.39 is 0 Å². The first-order chi connectivity index (χ1) is 8.81. The van der Waals surface area contributed by atoms with Gasteiger partial charge in [0.2, 0.25) is 0 Å². The van der Waals surface area contributed by atoms with Crippen LogP contribution >= 0.6 is 0 Å². The molecule has 0 rings (SSSR count). The molecule has 2 unspecified atom stereocenters. The Balaban J connectivity index is 4.47. The number of carbonyl (C=O) groups excluding carboxylic acids is 2. The lowest BCUT2D eigenvalue weighted by Crippen LogP contribution is -2.27. The molecule has 0 aromatic heterocycles. The summed E-state index contributed by atoms with van der Waals surface area (Å²) in [7, 11) is 0. The Morgan fingerprint density at radius 2 is 1.11 bits per heavy atom. The molecule has 0 aliphatic heterocycles. The maximum Gasteiger partial charge on any atom is 0.316 e. The van der Waals surface area contributed by atoms with Crippen LogP contribution in [0.1, 0.15) is 67.2 Å². The van der Waals surface area contributed by atoms with E-state index in [1.54, 1.807) is 0 Å². The molecule has 19 heavy (non-hydrogen) atoms. The maximum absolute atomic E-state index is 12.0. The third-order valence-electron chi connectivity index (χ3n) is 3.37. The van der Waals surface area contributed by atoms with Crippen molar-refractivity contribution in [1.29, 1.82) is 0 Å². The van der Waals surface area contributed by atoms with E-state index in [1.165, 1.54) is 0 Å². The van der Waals surface area contributed by atoms with Crippen LogP contribution in [0.15, 0.2) is 0 Å². The van der Waals surface area contributed by atoms with Gasteiger partial charge in [-0.15, -0.1) is 0 Å². The Labute approximate surface area is 118 Å². The molecular formula is C16H30O3. The van der Waals surface area contributed by atoms with Gasteiger partial charge >= 0.3 is 11.9 Å². The summed E-state index contributed by atoms with van der Waals surface area (Å²) in [5.74, 6) is -0.122. The van der Waals surface area contributed by atoms with Gasteiger partial charge in [0, 0.05) is 0 Å². The maximum atomic E-state index is 12.0. The van der Waals surface area contributed by atoms with Crippen molar-refractivity contribution in [3.8, 4) is 0 Å². The van der Waals surface area contributed by atoms with Crippen LogP contribution in [0.5, 0.6) is 0 Å². The van der Waals surface area contributed by atoms with Crippen LogP contribution in [0.3, 0.4) is 0 Å². The fourth-order valence-electron chi connectivity index (χ4n) is 2.26. The van der Waals surface area contributed by atoms with Crippen LogP contribution in [0.4, 0.5) is 0 Å². The van der Waals surface area contributed by atoms with Gasteiger partial charge in [-0.2, -0.15) is 0 Å². The van der Waals surface area contributed by atoms with Crippen LogP contribution in [-0.2, 0) is 14.3 Å². The van der Waals surface area contributed by atoms with Gasteiger partial charge in [-0.05, 0) is 37.5 Å². The van der Waals surface area contributed by atoms with Crippen LogP contribution in [-0.4, -0.2) is 11.9 Å². The number of hydrogen-bond donors (Lipinski definition) is 0. The highest BCUT2D eigenvalue weighted by Gasteiger charge is 2.26. The van der Waals surface area contributed by atoms with E-state index in [-0.39, 0.29) is 23.8 Å². The Bertz CT molecular complexity index is 254. The van der Waals surface area contributed by atoms with Gasteiger partial charge in [0.15, 0.2) is 0 Å². The molecule has 0 spiro atoms. The fraction of sp³-hybridized carbons (Fsp3) is 0.875. The van der Waals surface area contributed by atoms with Crippen molar-refractivity contribution in [2.45, 2.75) is 67.2 Å². The van der Waals surface area contributed by atoms with Crippen molar-refractivity contribution in [3.63, 3.8) is 0 Å². The van der Waals surface area contributed by atoms with Crippen molar-refractivity contribution in [3.05, 3.63) is 0 Å². The second-order valence-corrected chi connectivity index (χ2v) is 6.21. The summed E-state index contributed by atoms with van der Waals surface area (Å²) < 4.78 is 5.08. The van der Waals surface area contributed by atoms with E-state index in [0.717, 1.165) is 25.7 Å². The van der Waals surface area contributed by atoms with E-state index in [0.29, 0.717) is 11.8 Å². The Hall–Kier alpha value is -0.860. The average Bonchev–Trinajstić information content (AvgIpc) is 2.31. The zero-order valence-electron chi connectivity index (χ0n) is 13.4. The average molecular weight is 270 g/mol. The smallest absolute Gasteiger partial charge is 0.316 e. The highest BCUT2D eigenvalue weighted by atomic mass is 16.6. The first-order valence-corrected chi connectivity index (χ1v) is 7.57. The second-order valence-electron chi connectivity index (χ2n) is 6.21. The van der Waals surface area contributed by atoms with E-state index >= 15 is 0 Å². The molecule has 3 nitrogen and oxygen atoms in total. The minimum absolute atomic E-state index is 0.152. The van der Waals surface area contributed by atoms with Crippen LogP contribution in [0.2, 0.25) is 0 Å². The van der Waals surface area contributed by atoms with Crippen molar-refractivity contribution in [2.75, 3.05) is 0 Å². The Morgan fingerprint density at radius 3 is 1.32 bits per heavy atom. The van der Waals surface area contributed by atoms with Crippen molar-refractivity contribution in [1.82, 2.24) is 0 Å². The van der Waals surface area contributed by atoms with E-state index in [9.17, 15) is 9.59 Å². The lowest BCUT2D eigenvalue weighted by molar-refractivity contribution is -0.166. The third-order valence-corrected chi connectivity index (χ3v) is 3.37. The summed E-state index contributed by atoms with van der Waals surface area (Å²) in [6.07, 6.45) is 3.02. The second kappa shape index (κ2) is 9.11. The minimum atomic E-state index is -0.344. The third kappa shape index (κ3) is 7.34. The van der Waals surface area contributed by atoms with Gasteiger partial charge in [0.05, 0.1) is 11.8 Å². The molecule has 112 valence electrons. The van der Waals surface area contributed by atoms with Crippen molar-refractivity contribution < 1.29 is 14.3 Å². The predicted octanol–water partition coefficient (Wildman–Crippen LogP) is 4.20. The highest BCUT2D eigenvalue weighted by molar-refractivity contribution is 5.87. The molecule has 0 N–H and O–H groups in total. The molecule has 0 aliphatic rings. The van der Waals surface area contributed by atoms with E-state index in [4.69, 9.17) is 4.74 Å². The molecule has 0 saturated carbocycles. The molecule has 0 aromatic carbocycles. The van der Waals surface area contributed by atoms with Crippen LogP contribution in [0, 0.1) is 23.7 Å². The molecule has 2 atom stereocenters. The monoisotopic (exact) mass is 270 g/mol. The lowest BCUT2D eigenvalue weighted by atomic mass is 9.94. The number of esters is 2. The summed E-state index contributed by atoms with van der Waals surface area (Å²) in [6.45, 7) is 12.2. The number of hydrogen-bond acceptors (Lipinski definition) is 3. The lowest BCUT2D eigenvalue weighted by Gasteiger charge is -2.19. The molecule has 0 fully saturated rings. The zero-order valence-corrected chi connectivity index (χ0v) is 13.4. The molecule has 0 aliphatic carbocycles. The van der Waals surface area contributed by atoms with E-state index in [2.05, 4.69) is 27.7 Å². The molecule has 0 amide bonds. The number of ether oxygens (including phenoxy) is 1. The summed E-state index contributed by atoms with van der Waals surface area (Å²) in [5, 5.41) is 0. The standard InChI is InChI=1S/C16H30O3/c1-7-13(9-11(3)4)15(17)19-16(18)14(8-2)10-12(5)6/h11-14H,7-10H2,1-6H3. The molecular weight excluding hydrogens is 240 g/mol. The fourth-order valence-corrected chi connectivity index (χ4v) is 2.26. The molecule has 0 radical (unpaired) electrons. The first-order valence-electron chi connectivity index (χ1n) is 7.57. The van der Waals surface area contributed by atoms with Crippen LogP contribution in [0.25, 0.3) is 0 Å². The molecule has 0 saturated heterocycles. The van der Waals surface area contributed by atoms with Crippen molar-refractivity contribution >= 4 is 11.9 Å². The summed E-state index contributed by atoms with van der Waals surface area (Å²) in [5.41, 5.74) is 0. The first kappa shape index (κ1) is 18.1. The summed E-state index contributed by atoms with van der Waals surface area (Å²) in [4.78, 5) is 24.0. The SMILES string of the molecule is CCC(CC(C)C)C(=O)OC(=O)C(CC)CC(C)C. The molecule has 0 bridgehead atoms. The molecule has 3 heteroatoms. The van der Waals surface area contributed by atoms with Crippen LogP contribution < -0.4 is 0 Å². The molecule has 0 heterocycles. The number of carbonyl (C=O) groups is 2. The van der Waals surface area contributed by atoms with Gasteiger partial charge in [-0.1, -0.05) is 41.5 Å². The van der Waals surface area contributed by atoms with Gasteiger partial charge in [0.1, 0.15) is 0 Å². The largest absolute Gasteiger partial charge is 0.393 e. The summed E-state index contributed by atoms with van der Waals surface area (Å²) in [6, 6.07) is 0. The van der Waals surface area contributed by atoms with Gasteiger partial charge in [0.25, 0.3) is 0 Å².